The Kier molecular flexibility index (Phi) is 6.01. The average Bonchev–Trinajstić information content (AvgIpc) is 2.69. The number of benzene rings is 3. The second kappa shape index (κ2) is 8.83. The van der Waals surface area contributed by atoms with E-state index >= 15 is 0 Å². The summed E-state index contributed by atoms with van der Waals surface area (Å²) in [6, 6.07) is 25.1. The van der Waals surface area contributed by atoms with Crippen molar-refractivity contribution < 1.29 is 14.4 Å². The van der Waals surface area contributed by atoms with Crippen LogP contribution in [0.4, 0.5) is 0 Å². The molecule has 3 aromatic carbocycles. The fourth-order valence-electron chi connectivity index (χ4n) is 2.59. The van der Waals surface area contributed by atoms with Crippen molar-refractivity contribution in [1.82, 2.24) is 5.48 Å². The molecule has 0 saturated carbocycles. The summed E-state index contributed by atoms with van der Waals surface area (Å²) in [5.41, 5.74) is 6.25. The molecule has 0 atom stereocenters. The Morgan fingerprint density at radius 2 is 1.58 bits per heavy atom. The first kappa shape index (κ1) is 17.7. The maximum Gasteiger partial charge on any atom is 0.274 e. The molecule has 0 aromatic heterocycles. The molecule has 26 heavy (non-hydrogen) atoms. The second-order valence-electron chi connectivity index (χ2n) is 5.84. The monoisotopic (exact) mass is 347 g/mol. The zero-order valence-electron chi connectivity index (χ0n) is 14.6. The van der Waals surface area contributed by atoms with E-state index in [1.807, 2.05) is 79.7 Å². The fraction of sp³-hybridized carbons (Fsp3) is 0.136. The largest absolute Gasteiger partial charge is 0.491 e. The van der Waals surface area contributed by atoms with Crippen molar-refractivity contribution in [2.45, 2.75) is 6.92 Å². The van der Waals surface area contributed by atoms with Gasteiger partial charge in [0, 0.05) is 5.56 Å². The maximum atomic E-state index is 12.3. The Labute approximate surface area is 153 Å². The standard InChI is InChI=1S/C22H21NO3/c1-17-12-13-19(16-21(17)18-8-4-2-5-9-18)22(24)23-26-15-14-25-20-10-6-3-7-11-20/h2-13,16H,14-15H2,1H3,(H,23,24). The van der Waals surface area contributed by atoms with Gasteiger partial charge in [-0.25, -0.2) is 5.48 Å². The van der Waals surface area contributed by atoms with Gasteiger partial charge in [0.25, 0.3) is 5.91 Å². The van der Waals surface area contributed by atoms with Crippen LogP contribution in [0, 0.1) is 6.92 Å². The number of nitrogens with one attached hydrogen (secondary N) is 1. The van der Waals surface area contributed by atoms with Gasteiger partial charge in [0.2, 0.25) is 0 Å². The van der Waals surface area contributed by atoms with Gasteiger partial charge in [-0.1, -0.05) is 54.6 Å². The molecule has 0 bridgehead atoms. The number of amides is 1. The molecule has 0 unspecified atom stereocenters. The minimum atomic E-state index is -0.276. The summed E-state index contributed by atoms with van der Waals surface area (Å²) in [6.45, 7) is 2.65. The lowest BCUT2D eigenvalue weighted by Crippen LogP contribution is -2.26. The van der Waals surface area contributed by atoms with Crippen LogP contribution >= 0.6 is 0 Å². The van der Waals surface area contributed by atoms with Crippen molar-refractivity contribution in [2.24, 2.45) is 0 Å². The first-order valence-electron chi connectivity index (χ1n) is 8.50. The third-order valence-corrected chi connectivity index (χ3v) is 3.95. The molecule has 3 aromatic rings. The fourth-order valence-corrected chi connectivity index (χ4v) is 2.59. The molecule has 0 fully saturated rings. The van der Waals surface area contributed by atoms with Gasteiger partial charge in [-0.15, -0.1) is 0 Å². The van der Waals surface area contributed by atoms with Crippen LogP contribution in [0.5, 0.6) is 5.75 Å². The Bertz CT molecular complexity index is 848. The van der Waals surface area contributed by atoms with E-state index in [1.54, 1.807) is 6.07 Å². The SMILES string of the molecule is Cc1ccc(C(=O)NOCCOc2ccccc2)cc1-c1ccccc1. The number of hydrogen-bond donors (Lipinski definition) is 1. The first-order valence-corrected chi connectivity index (χ1v) is 8.50. The number of para-hydroxylation sites is 1. The minimum absolute atomic E-state index is 0.262. The number of hydroxylamine groups is 1. The summed E-state index contributed by atoms with van der Waals surface area (Å²) < 4.78 is 5.51. The van der Waals surface area contributed by atoms with Crippen molar-refractivity contribution in [3.8, 4) is 16.9 Å². The quantitative estimate of drug-likeness (QED) is 0.509. The molecule has 0 heterocycles. The molecular weight excluding hydrogens is 326 g/mol. The Balaban J connectivity index is 1.53. The van der Waals surface area contributed by atoms with Gasteiger partial charge in [0.15, 0.2) is 0 Å². The highest BCUT2D eigenvalue weighted by Gasteiger charge is 2.09. The van der Waals surface area contributed by atoms with Crippen LogP contribution in [0.25, 0.3) is 11.1 Å². The molecule has 0 aliphatic heterocycles. The average molecular weight is 347 g/mol. The van der Waals surface area contributed by atoms with E-state index < -0.39 is 0 Å². The van der Waals surface area contributed by atoms with Gasteiger partial charge in [0.05, 0.1) is 0 Å². The summed E-state index contributed by atoms with van der Waals surface area (Å²) in [5.74, 6) is 0.496. The lowest BCUT2D eigenvalue weighted by molar-refractivity contribution is 0.0200. The normalized spacial score (nSPS) is 10.3. The van der Waals surface area contributed by atoms with E-state index in [2.05, 4.69) is 5.48 Å². The second-order valence-corrected chi connectivity index (χ2v) is 5.84. The van der Waals surface area contributed by atoms with Crippen molar-refractivity contribution in [3.63, 3.8) is 0 Å². The van der Waals surface area contributed by atoms with Crippen LogP contribution in [0.15, 0.2) is 78.9 Å². The summed E-state index contributed by atoms with van der Waals surface area (Å²) in [7, 11) is 0. The number of ether oxygens (including phenoxy) is 1. The third-order valence-electron chi connectivity index (χ3n) is 3.95. The Morgan fingerprint density at radius 3 is 2.31 bits per heavy atom. The molecule has 1 N–H and O–H groups in total. The number of carbonyl (C=O) groups excluding carboxylic acids is 1. The van der Waals surface area contributed by atoms with Gasteiger partial charge in [-0.05, 0) is 47.9 Å². The number of aryl methyl sites for hydroxylation is 1. The highest BCUT2D eigenvalue weighted by atomic mass is 16.7. The highest BCUT2D eigenvalue weighted by molar-refractivity contribution is 5.95. The highest BCUT2D eigenvalue weighted by Crippen LogP contribution is 2.24. The predicted octanol–water partition coefficient (Wildman–Crippen LogP) is 4.40. The maximum absolute atomic E-state index is 12.3. The van der Waals surface area contributed by atoms with Crippen LogP contribution in [0.2, 0.25) is 0 Å². The molecule has 4 nitrogen and oxygen atoms in total. The summed E-state index contributed by atoms with van der Waals surface area (Å²) in [5, 5.41) is 0. The summed E-state index contributed by atoms with van der Waals surface area (Å²) in [6.07, 6.45) is 0. The van der Waals surface area contributed by atoms with Gasteiger partial charge in [-0.2, -0.15) is 0 Å². The molecule has 0 aliphatic rings. The zero-order chi connectivity index (χ0) is 18.2. The minimum Gasteiger partial charge on any atom is -0.491 e. The van der Waals surface area contributed by atoms with Crippen LogP contribution in [-0.2, 0) is 4.84 Å². The van der Waals surface area contributed by atoms with E-state index in [0.717, 1.165) is 22.4 Å². The van der Waals surface area contributed by atoms with E-state index in [4.69, 9.17) is 9.57 Å². The topological polar surface area (TPSA) is 47.6 Å². The summed E-state index contributed by atoms with van der Waals surface area (Å²) >= 11 is 0. The Hall–Kier alpha value is -3.11. The molecule has 4 heteroatoms. The van der Waals surface area contributed by atoms with Gasteiger partial charge < -0.3 is 4.74 Å². The number of hydrogen-bond acceptors (Lipinski definition) is 3. The lowest BCUT2D eigenvalue weighted by atomic mass is 9.98. The molecule has 0 radical (unpaired) electrons. The third kappa shape index (κ3) is 4.71. The van der Waals surface area contributed by atoms with Gasteiger partial charge in [0.1, 0.15) is 19.0 Å². The zero-order valence-corrected chi connectivity index (χ0v) is 14.6. The number of rotatable bonds is 7. The van der Waals surface area contributed by atoms with E-state index in [-0.39, 0.29) is 12.5 Å². The molecule has 3 rings (SSSR count). The van der Waals surface area contributed by atoms with Crippen molar-refractivity contribution >= 4 is 5.91 Å². The molecule has 0 saturated heterocycles. The van der Waals surface area contributed by atoms with E-state index in [9.17, 15) is 4.79 Å². The molecule has 0 spiro atoms. The van der Waals surface area contributed by atoms with Crippen LogP contribution in [0.3, 0.4) is 0 Å². The van der Waals surface area contributed by atoms with Gasteiger partial charge in [-0.3, -0.25) is 9.63 Å². The molecule has 0 aliphatic carbocycles. The van der Waals surface area contributed by atoms with Crippen molar-refractivity contribution in [3.05, 3.63) is 90.0 Å². The Morgan fingerprint density at radius 1 is 0.885 bits per heavy atom. The first-order chi connectivity index (χ1) is 12.7. The summed E-state index contributed by atoms with van der Waals surface area (Å²) in [4.78, 5) is 17.5. The van der Waals surface area contributed by atoms with Crippen LogP contribution < -0.4 is 10.2 Å². The van der Waals surface area contributed by atoms with E-state index in [0.29, 0.717) is 12.2 Å². The molecular formula is C22H21NO3. The van der Waals surface area contributed by atoms with Crippen molar-refractivity contribution in [1.29, 1.82) is 0 Å². The molecule has 132 valence electrons. The van der Waals surface area contributed by atoms with Crippen LogP contribution in [0.1, 0.15) is 15.9 Å². The smallest absolute Gasteiger partial charge is 0.274 e. The predicted molar refractivity (Wildman–Crippen MR) is 102 cm³/mol. The van der Waals surface area contributed by atoms with E-state index in [1.165, 1.54) is 0 Å². The molecule has 1 amide bonds. The van der Waals surface area contributed by atoms with Gasteiger partial charge >= 0.3 is 0 Å². The number of carbonyl (C=O) groups is 1. The van der Waals surface area contributed by atoms with Crippen LogP contribution in [-0.4, -0.2) is 19.1 Å². The van der Waals surface area contributed by atoms with Crippen molar-refractivity contribution in [2.75, 3.05) is 13.2 Å². The lowest BCUT2D eigenvalue weighted by Gasteiger charge is -2.10.